The van der Waals surface area contributed by atoms with Crippen LogP contribution >= 0.6 is 11.6 Å². The highest BCUT2D eigenvalue weighted by molar-refractivity contribution is 6.32. The highest BCUT2D eigenvalue weighted by atomic mass is 35.5. The third-order valence-corrected chi connectivity index (χ3v) is 6.31. The number of aromatic nitrogens is 1. The highest BCUT2D eigenvalue weighted by Crippen LogP contribution is 2.33. The number of ether oxygens (including phenoxy) is 2. The molecule has 4 rings (SSSR count). The van der Waals surface area contributed by atoms with E-state index in [1.165, 1.54) is 5.56 Å². The van der Waals surface area contributed by atoms with E-state index >= 15 is 0 Å². The zero-order chi connectivity index (χ0) is 25.9. The number of carbonyl (C=O) groups excluding carboxylic acids is 1. The fourth-order valence-corrected chi connectivity index (χ4v) is 4.60. The Labute approximate surface area is 217 Å². The Kier molecular flexibility index (Phi) is 7.77. The fourth-order valence-electron chi connectivity index (χ4n) is 4.33. The molecule has 1 aliphatic rings. The van der Waals surface area contributed by atoms with Crippen molar-refractivity contribution in [3.8, 4) is 17.5 Å². The number of benzene rings is 2. The van der Waals surface area contributed by atoms with Gasteiger partial charge in [-0.05, 0) is 69.5 Å². The lowest BCUT2D eigenvalue weighted by Crippen LogP contribution is -2.60. The molecule has 1 N–H and O–H groups in total. The Morgan fingerprint density at radius 1 is 1.22 bits per heavy atom. The molecular weight excluding hydrogens is 476 g/mol. The van der Waals surface area contributed by atoms with Crippen molar-refractivity contribution in [2.75, 3.05) is 26.2 Å². The maximum Gasteiger partial charge on any atom is 0.407 e. The normalized spacial score (nSPS) is 14.3. The summed E-state index contributed by atoms with van der Waals surface area (Å²) in [5, 5.41) is 14.1. The van der Waals surface area contributed by atoms with E-state index in [-0.39, 0.29) is 12.1 Å². The lowest BCUT2D eigenvalue weighted by molar-refractivity contribution is 0.0403. The second-order valence-corrected chi connectivity index (χ2v) is 10.6. The molecule has 0 bridgehead atoms. The van der Waals surface area contributed by atoms with Crippen LogP contribution in [0, 0.1) is 11.3 Å². The van der Waals surface area contributed by atoms with Crippen molar-refractivity contribution < 1.29 is 14.3 Å². The summed E-state index contributed by atoms with van der Waals surface area (Å²) in [6, 6.07) is 14.5. The van der Waals surface area contributed by atoms with Crippen LogP contribution in [0.25, 0.3) is 16.6 Å². The van der Waals surface area contributed by atoms with E-state index in [1.54, 1.807) is 0 Å². The number of rotatable bonds is 8. The summed E-state index contributed by atoms with van der Waals surface area (Å²) in [5.74, 6) is 0.443. The number of likely N-dealkylation sites (tertiary alicyclic amines) is 1. The number of halogens is 1. The number of fused-ring (bicyclic) bond motifs is 1. The van der Waals surface area contributed by atoms with Crippen molar-refractivity contribution in [3.05, 3.63) is 58.7 Å². The van der Waals surface area contributed by atoms with Crippen molar-refractivity contribution in [2.45, 2.75) is 52.2 Å². The first kappa shape index (κ1) is 25.9. The number of amides is 1. The first-order valence-corrected chi connectivity index (χ1v) is 12.7. The number of nitriles is 1. The Balaban J connectivity index is 1.38. The van der Waals surface area contributed by atoms with Gasteiger partial charge in [-0.15, -0.1) is 0 Å². The lowest BCUT2D eigenvalue weighted by atomic mass is 10.1. The molecule has 1 aromatic heterocycles. The molecule has 7 nitrogen and oxygen atoms in total. The van der Waals surface area contributed by atoms with Gasteiger partial charge in [0.25, 0.3) is 0 Å². The van der Waals surface area contributed by atoms with Gasteiger partial charge in [0.2, 0.25) is 0 Å². The van der Waals surface area contributed by atoms with Gasteiger partial charge in [-0.3, -0.25) is 4.90 Å². The number of hydrogen-bond donors (Lipinski definition) is 1. The van der Waals surface area contributed by atoms with E-state index in [2.05, 4.69) is 40.6 Å². The van der Waals surface area contributed by atoms with Crippen LogP contribution < -0.4 is 10.1 Å². The smallest absolute Gasteiger partial charge is 0.407 e. The third-order valence-electron chi connectivity index (χ3n) is 6.03. The minimum Gasteiger partial charge on any atom is -0.491 e. The molecule has 1 aliphatic heterocycles. The van der Waals surface area contributed by atoms with Gasteiger partial charge < -0.3 is 19.4 Å². The van der Waals surface area contributed by atoms with Crippen LogP contribution in [0.4, 0.5) is 4.79 Å². The van der Waals surface area contributed by atoms with Crippen molar-refractivity contribution in [1.29, 1.82) is 5.26 Å². The van der Waals surface area contributed by atoms with Crippen LogP contribution in [-0.4, -0.2) is 53.4 Å². The molecule has 0 radical (unpaired) electrons. The van der Waals surface area contributed by atoms with Gasteiger partial charge in [-0.25, -0.2) is 4.79 Å². The van der Waals surface area contributed by atoms with E-state index < -0.39 is 5.60 Å². The number of alkyl carbamates (subject to hydrolysis) is 1. The van der Waals surface area contributed by atoms with Crippen molar-refractivity contribution in [3.63, 3.8) is 0 Å². The molecular formula is C28H33ClN4O3. The quantitative estimate of drug-likeness (QED) is 0.422. The fraction of sp³-hybridized carbons (Fsp3) is 0.429. The maximum atomic E-state index is 11.9. The predicted octanol–water partition coefficient (Wildman–Crippen LogP) is 5.70. The van der Waals surface area contributed by atoms with Gasteiger partial charge in [0.05, 0.1) is 28.8 Å². The van der Waals surface area contributed by atoms with Crippen molar-refractivity contribution in [1.82, 2.24) is 14.8 Å². The SMILES string of the molecule is CCCOc1c(Cl)cc(-n2ccc3cc(CCN4CC(NC(=O)OC(C)(C)C)C4)ccc32)cc1C#N. The minimum atomic E-state index is -0.484. The average Bonchev–Trinajstić information content (AvgIpc) is 3.21. The topological polar surface area (TPSA) is 79.5 Å². The van der Waals surface area contributed by atoms with Crippen LogP contribution in [0.5, 0.6) is 5.75 Å². The first-order chi connectivity index (χ1) is 17.2. The molecule has 36 heavy (non-hydrogen) atoms. The van der Waals surface area contributed by atoms with Crippen LogP contribution in [0.2, 0.25) is 5.02 Å². The first-order valence-electron chi connectivity index (χ1n) is 12.4. The van der Waals surface area contributed by atoms with E-state index in [4.69, 9.17) is 21.1 Å². The standard InChI is InChI=1S/C28H33ClN4O3/c1-5-12-35-26-21(16-30)14-23(15-24(26)29)33-11-9-20-13-19(6-7-25(20)33)8-10-32-17-22(18-32)31-27(34)36-28(2,3)4/h6-7,9,11,13-15,22H,5,8,10,12,17-18H2,1-4H3,(H,31,34). The monoisotopic (exact) mass is 508 g/mol. The van der Waals surface area contributed by atoms with E-state index in [0.29, 0.717) is 22.9 Å². The van der Waals surface area contributed by atoms with Crippen LogP contribution in [0.15, 0.2) is 42.6 Å². The maximum absolute atomic E-state index is 11.9. The van der Waals surface area contributed by atoms with Gasteiger partial charge >= 0.3 is 6.09 Å². The molecule has 0 spiro atoms. The number of carbonyl (C=O) groups is 1. The summed E-state index contributed by atoms with van der Waals surface area (Å²) in [6.45, 7) is 10.7. The molecule has 3 aromatic rings. The molecule has 0 atom stereocenters. The van der Waals surface area contributed by atoms with Gasteiger partial charge in [-0.1, -0.05) is 24.6 Å². The second kappa shape index (κ2) is 10.8. The Bertz CT molecular complexity index is 1280. The lowest BCUT2D eigenvalue weighted by Gasteiger charge is -2.39. The van der Waals surface area contributed by atoms with E-state index in [9.17, 15) is 10.1 Å². The van der Waals surface area contributed by atoms with Gasteiger partial charge in [0.15, 0.2) is 5.75 Å². The highest BCUT2D eigenvalue weighted by Gasteiger charge is 2.29. The van der Waals surface area contributed by atoms with Crippen molar-refractivity contribution >= 4 is 28.6 Å². The molecule has 2 heterocycles. The molecule has 0 unspecified atom stereocenters. The number of nitrogens with zero attached hydrogens (tertiary/aromatic N) is 3. The largest absolute Gasteiger partial charge is 0.491 e. The minimum absolute atomic E-state index is 0.139. The van der Waals surface area contributed by atoms with Gasteiger partial charge in [0, 0.05) is 36.9 Å². The summed E-state index contributed by atoms with van der Waals surface area (Å²) in [7, 11) is 0. The van der Waals surface area contributed by atoms with Crippen LogP contribution in [0.1, 0.15) is 45.2 Å². The summed E-state index contributed by atoms with van der Waals surface area (Å²) in [6.07, 6.45) is 3.41. The molecule has 1 amide bonds. The second-order valence-electron chi connectivity index (χ2n) is 10.2. The molecule has 1 fully saturated rings. The summed E-state index contributed by atoms with van der Waals surface area (Å²) in [4.78, 5) is 14.2. The number of hydrogen-bond acceptors (Lipinski definition) is 5. The Hall–Kier alpha value is -3.21. The van der Waals surface area contributed by atoms with E-state index in [1.807, 2.05) is 50.6 Å². The molecule has 0 aliphatic carbocycles. The van der Waals surface area contributed by atoms with E-state index in [0.717, 1.165) is 49.1 Å². The summed E-state index contributed by atoms with van der Waals surface area (Å²) >= 11 is 6.47. The molecule has 190 valence electrons. The Morgan fingerprint density at radius 3 is 2.69 bits per heavy atom. The molecule has 0 saturated carbocycles. The predicted molar refractivity (Wildman–Crippen MR) is 142 cm³/mol. The molecule has 8 heteroatoms. The zero-order valence-electron chi connectivity index (χ0n) is 21.3. The van der Waals surface area contributed by atoms with Gasteiger partial charge in [0.1, 0.15) is 11.7 Å². The summed E-state index contributed by atoms with van der Waals surface area (Å²) < 4.78 is 13.1. The molecule has 2 aromatic carbocycles. The summed E-state index contributed by atoms with van der Waals surface area (Å²) in [5.41, 5.74) is 3.07. The average molecular weight is 509 g/mol. The number of nitrogens with one attached hydrogen (secondary N) is 1. The van der Waals surface area contributed by atoms with Gasteiger partial charge in [-0.2, -0.15) is 5.26 Å². The molecule has 1 saturated heterocycles. The van der Waals surface area contributed by atoms with Crippen LogP contribution in [-0.2, 0) is 11.2 Å². The van der Waals surface area contributed by atoms with Crippen LogP contribution in [0.3, 0.4) is 0 Å². The van der Waals surface area contributed by atoms with Crippen molar-refractivity contribution in [2.24, 2.45) is 0 Å². The zero-order valence-corrected chi connectivity index (χ0v) is 22.1. The Morgan fingerprint density at radius 2 is 2.00 bits per heavy atom. The third kappa shape index (κ3) is 6.13.